The summed E-state index contributed by atoms with van der Waals surface area (Å²) in [5, 5.41) is 10.1. The number of aliphatic hydroxyl groups is 1. The SMILES string of the molecule is Brc1cc[c-]cc1.Brc1ccc(Br)cc1.CCOCC.O=Cc1ccccc1.OC(c1ccccc1)c1ccc(Br)cc1.[Br-].[H-].[H-].[Mg+2].[Mg+2]. The standard InChI is InChI=1S/C13H11BrO.C7H6O.C6H4Br2.C6H4Br.C4H10O.BrH.2Mg.2H/c14-12-8-6-11(7-9-12)13(15)10-4-2-1-3-5-10;8-6-7-4-2-1-3-5-7;7-5-1-2-6(8)4-3-5;7-6-4-2-1-3-5-6;1-3-5-4-2;;;;;/h1-9,13,15H;1-6H;1-4H;2-5H;3-4H2,1-2H3;1H;;;;/q;;;-1;;;2*+2;2*-1/p-1. The zero-order valence-corrected chi connectivity index (χ0v) is 36.6. The Balaban J connectivity index is -0.000000165. The van der Waals surface area contributed by atoms with Crippen LogP contribution in [-0.4, -0.2) is 70.7 Å². The predicted octanol–water partition coefficient (Wildman–Crippen LogP) is 8.00. The van der Waals surface area contributed by atoms with Crippen LogP contribution >= 0.6 is 63.7 Å². The van der Waals surface area contributed by atoms with Gasteiger partial charge in [-0.3, -0.25) is 4.79 Å². The number of hydrogen-bond acceptors (Lipinski definition) is 3. The second-order valence-corrected chi connectivity index (χ2v) is 12.0. The van der Waals surface area contributed by atoms with Gasteiger partial charge < -0.3 is 29.7 Å². The van der Waals surface area contributed by atoms with E-state index in [1.54, 1.807) is 12.1 Å². The minimum atomic E-state index is -0.542. The number of benzene rings is 5. The Morgan fingerprint density at radius 2 is 0.978 bits per heavy atom. The number of aldehydes is 1. The van der Waals surface area contributed by atoms with Crippen molar-refractivity contribution in [3.8, 4) is 0 Å². The first-order valence-electron chi connectivity index (χ1n) is 13.4. The van der Waals surface area contributed by atoms with E-state index in [0.29, 0.717) is 0 Å². The summed E-state index contributed by atoms with van der Waals surface area (Å²) < 4.78 is 9.18. The van der Waals surface area contributed by atoms with Crippen LogP contribution in [0.25, 0.3) is 0 Å². The normalized spacial score (nSPS) is 9.37. The summed E-state index contributed by atoms with van der Waals surface area (Å²) in [7, 11) is 0. The van der Waals surface area contributed by atoms with Crippen molar-refractivity contribution in [1.82, 2.24) is 0 Å². The summed E-state index contributed by atoms with van der Waals surface area (Å²) in [6, 6.07) is 44.9. The van der Waals surface area contributed by atoms with Gasteiger partial charge in [0.05, 0.1) is 0 Å². The zero-order valence-electron chi connectivity index (χ0n) is 27.8. The molecule has 0 amide bonds. The molecule has 46 heavy (non-hydrogen) atoms. The number of rotatable bonds is 5. The first-order valence-corrected chi connectivity index (χ1v) is 16.6. The molecule has 0 fully saturated rings. The third-order valence-electron chi connectivity index (χ3n) is 5.13. The van der Waals surface area contributed by atoms with Gasteiger partial charge in [-0.25, -0.2) is 0 Å². The Morgan fingerprint density at radius 3 is 1.28 bits per heavy atom. The fraction of sp³-hybridized carbons (Fsp3) is 0.139. The molecule has 5 aromatic rings. The number of hydrogen-bond donors (Lipinski definition) is 1. The van der Waals surface area contributed by atoms with Crippen LogP contribution in [0.15, 0.2) is 151 Å². The molecule has 0 aliphatic heterocycles. The molecule has 0 spiro atoms. The van der Waals surface area contributed by atoms with Crippen LogP contribution in [0.1, 0.15) is 44.3 Å². The van der Waals surface area contributed by atoms with Gasteiger partial charge in [-0.05, 0) is 61.4 Å². The molecule has 0 saturated carbocycles. The van der Waals surface area contributed by atoms with E-state index in [9.17, 15) is 9.90 Å². The van der Waals surface area contributed by atoms with Gasteiger partial charge in [0.2, 0.25) is 0 Å². The minimum absolute atomic E-state index is 0. The summed E-state index contributed by atoms with van der Waals surface area (Å²) >= 11 is 13.3. The van der Waals surface area contributed by atoms with Crippen LogP contribution in [0, 0.1) is 6.07 Å². The first kappa shape index (κ1) is 50.0. The maximum atomic E-state index is 10.1. The summed E-state index contributed by atoms with van der Waals surface area (Å²) in [6.07, 6.45) is 0.291. The van der Waals surface area contributed by atoms with E-state index >= 15 is 0 Å². The van der Waals surface area contributed by atoms with Gasteiger partial charge in [-0.2, -0.15) is 30.3 Å². The van der Waals surface area contributed by atoms with Crippen molar-refractivity contribution < 1.29 is 34.5 Å². The number of carbonyl (C=O) groups excluding carboxylic acids is 1. The Morgan fingerprint density at radius 1 is 0.630 bits per heavy atom. The van der Waals surface area contributed by atoms with Gasteiger partial charge in [0, 0.05) is 32.2 Å². The molecule has 0 bridgehead atoms. The molecule has 10 heteroatoms. The third kappa shape index (κ3) is 25.6. The number of halogens is 5. The third-order valence-corrected chi connectivity index (χ3v) is 7.24. The van der Waals surface area contributed by atoms with E-state index in [2.05, 4.69) is 69.8 Å². The van der Waals surface area contributed by atoms with E-state index in [0.717, 1.165) is 54.1 Å². The Hall–Kier alpha value is -0.378. The molecule has 0 radical (unpaired) electrons. The summed E-state index contributed by atoms with van der Waals surface area (Å²) in [4.78, 5) is 10.0. The maximum absolute atomic E-state index is 10.1. The van der Waals surface area contributed by atoms with E-state index in [4.69, 9.17) is 4.74 Å². The number of ether oxygens (including phenoxy) is 1. The fourth-order valence-electron chi connectivity index (χ4n) is 3.00. The quantitative estimate of drug-likeness (QED) is 0.111. The van der Waals surface area contributed by atoms with Gasteiger partial charge >= 0.3 is 46.1 Å². The second-order valence-electron chi connectivity index (χ2n) is 8.33. The molecule has 0 aliphatic carbocycles. The van der Waals surface area contributed by atoms with Crippen molar-refractivity contribution in [2.24, 2.45) is 0 Å². The molecular weight excluding hydrogens is 929 g/mol. The topological polar surface area (TPSA) is 46.5 Å². The van der Waals surface area contributed by atoms with Crippen LogP contribution in [0.5, 0.6) is 0 Å². The molecule has 0 heterocycles. The van der Waals surface area contributed by atoms with E-state index < -0.39 is 6.10 Å². The monoisotopic (exact) mass is 960 g/mol. The zero-order chi connectivity index (χ0) is 31.7. The largest absolute Gasteiger partial charge is 2.00 e. The number of aliphatic hydroxyl groups excluding tert-OH is 1. The molecular formula is C36H37Br5Mg2O3. The van der Waals surface area contributed by atoms with Crippen molar-refractivity contribution >= 4 is 116 Å². The predicted molar refractivity (Wildman–Crippen MR) is 207 cm³/mol. The van der Waals surface area contributed by atoms with E-state index in [1.807, 2.05) is 135 Å². The summed E-state index contributed by atoms with van der Waals surface area (Å²) in [5.74, 6) is 0. The minimum Gasteiger partial charge on any atom is -1.00 e. The molecule has 5 rings (SSSR count). The Labute approximate surface area is 353 Å². The van der Waals surface area contributed by atoms with Crippen LogP contribution in [0.3, 0.4) is 0 Å². The Bertz CT molecular complexity index is 1360. The summed E-state index contributed by atoms with van der Waals surface area (Å²) in [6.45, 7) is 5.67. The van der Waals surface area contributed by atoms with Crippen molar-refractivity contribution in [2.75, 3.05) is 13.2 Å². The molecule has 1 atom stereocenters. The molecule has 1 unspecified atom stereocenters. The number of carbonyl (C=O) groups is 1. The van der Waals surface area contributed by atoms with Crippen LogP contribution < -0.4 is 17.0 Å². The van der Waals surface area contributed by atoms with Crippen LogP contribution in [-0.2, 0) is 4.74 Å². The molecule has 0 aliphatic rings. The fourth-order valence-corrected chi connectivity index (χ4v) is 4.06. The van der Waals surface area contributed by atoms with Crippen molar-refractivity contribution in [2.45, 2.75) is 20.0 Å². The van der Waals surface area contributed by atoms with Gasteiger partial charge in [0.15, 0.2) is 0 Å². The van der Waals surface area contributed by atoms with E-state index in [-0.39, 0.29) is 65.9 Å². The van der Waals surface area contributed by atoms with E-state index in [1.165, 1.54) is 0 Å². The average molecular weight is 966 g/mol. The molecule has 5 aromatic carbocycles. The van der Waals surface area contributed by atoms with Crippen molar-refractivity contribution in [3.63, 3.8) is 0 Å². The van der Waals surface area contributed by atoms with Crippen LogP contribution in [0.4, 0.5) is 0 Å². The first-order chi connectivity index (χ1) is 20.8. The van der Waals surface area contributed by atoms with Gasteiger partial charge in [-0.1, -0.05) is 141 Å². The van der Waals surface area contributed by atoms with Gasteiger partial charge in [-0.15, -0.1) is 0 Å². The van der Waals surface area contributed by atoms with Crippen molar-refractivity contribution in [1.29, 1.82) is 0 Å². The smallest absolute Gasteiger partial charge is 1.00 e. The molecule has 0 saturated heterocycles. The average Bonchev–Trinajstić information content (AvgIpc) is 3.05. The maximum Gasteiger partial charge on any atom is 2.00 e. The second kappa shape index (κ2) is 33.1. The Kier molecular flexibility index (Phi) is 36.0. The molecule has 1 N–H and O–H groups in total. The van der Waals surface area contributed by atoms with Gasteiger partial charge in [0.25, 0.3) is 0 Å². The summed E-state index contributed by atoms with van der Waals surface area (Å²) in [5.41, 5.74) is 2.55. The molecule has 0 aromatic heterocycles. The van der Waals surface area contributed by atoms with Crippen LogP contribution in [0.2, 0.25) is 0 Å². The van der Waals surface area contributed by atoms with Crippen molar-refractivity contribution in [3.05, 3.63) is 174 Å². The molecule has 238 valence electrons. The van der Waals surface area contributed by atoms with Gasteiger partial charge in [0.1, 0.15) is 12.4 Å². The molecule has 3 nitrogen and oxygen atoms in total.